The van der Waals surface area contributed by atoms with Gasteiger partial charge in [0, 0.05) is 19.6 Å². The van der Waals surface area contributed by atoms with Gasteiger partial charge in [-0.1, -0.05) is 42.5 Å². The van der Waals surface area contributed by atoms with Crippen LogP contribution in [0, 0.1) is 6.92 Å². The number of aryl methyl sites for hydroxylation is 1. The predicted molar refractivity (Wildman–Crippen MR) is 108 cm³/mol. The van der Waals surface area contributed by atoms with Crippen LogP contribution >= 0.6 is 0 Å². The van der Waals surface area contributed by atoms with Crippen LogP contribution in [0.4, 0.5) is 0 Å². The summed E-state index contributed by atoms with van der Waals surface area (Å²) in [5.41, 5.74) is 3.14. The van der Waals surface area contributed by atoms with Crippen molar-refractivity contribution in [3.05, 3.63) is 66.0 Å². The molecule has 0 N–H and O–H groups in total. The van der Waals surface area contributed by atoms with Gasteiger partial charge in [0.15, 0.2) is 0 Å². The van der Waals surface area contributed by atoms with E-state index in [4.69, 9.17) is 0 Å². The quantitative estimate of drug-likeness (QED) is 0.717. The molecular formula is C22H26N4O. The fourth-order valence-corrected chi connectivity index (χ4v) is 4.15. The molecule has 3 aromatic rings. The maximum absolute atomic E-state index is 13.5. The van der Waals surface area contributed by atoms with Crippen molar-refractivity contribution in [2.24, 2.45) is 0 Å². The molecule has 27 heavy (non-hydrogen) atoms. The molecule has 1 aliphatic rings. The highest BCUT2D eigenvalue weighted by Crippen LogP contribution is 2.29. The molecule has 1 aliphatic heterocycles. The van der Waals surface area contributed by atoms with Crippen molar-refractivity contribution in [2.75, 3.05) is 26.7 Å². The lowest BCUT2D eigenvalue weighted by Crippen LogP contribution is -2.51. The van der Waals surface area contributed by atoms with Gasteiger partial charge in [-0.25, -0.2) is 4.98 Å². The summed E-state index contributed by atoms with van der Waals surface area (Å²) in [6, 6.07) is 18.2. The fraction of sp³-hybridized carbons (Fsp3) is 0.364. The highest BCUT2D eigenvalue weighted by Gasteiger charge is 2.33. The summed E-state index contributed by atoms with van der Waals surface area (Å²) < 4.78 is 2.07. The molecule has 0 radical (unpaired) electrons. The number of hydrogen-bond donors (Lipinski definition) is 0. The van der Waals surface area contributed by atoms with Gasteiger partial charge in [-0.05, 0) is 38.6 Å². The van der Waals surface area contributed by atoms with Crippen LogP contribution in [0.2, 0.25) is 0 Å². The summed E-state index contributed by atoms with van der Waals surface area (Å²) in [7, 11) is 2.12. The van der Waals surface area contributed by atoms with Gasteiger partial charge in [-0.15, -0.1) is 0 Å². The molecule has 0 unspecified atom stereocenters. The first-order valence-electron chi connectivity index (χ1n) is 9.54. The van der Waals surface area contributed by atoms with Crippen molar-refractivity contribution < 1.29 is 4.79 Å². The smallest absolute Gasteiger partial charge is 0.246 e. The zero-order chi connectivity index (χ0) is 19.0. The molecule has 5 nitrogen and oxygen atoms in total. The van der Waals surface area contributed by atoms with E-state index < -0.39 is 0 Å². The monoisotopic (exact) mass is 362 g/mol. The Labute approximate surface area is 160 Å². The number of fused-ring (bicyclic) bond motifs is 1. The van der Waals surface area contributed by atoms with Gasteiger partial charge in [-0.3, -0.25) is 4.79 Å². The van der Waals surface area contributed by atoms with Gasteiger partial charge in [0.1, 0.15) is 11.9 Å². The highest BCUT2D eigenvalue weighted by atomic mass is 16.2. The van der Waals surface area contributed by atoms with Crippen molar-refractivity contribution in [1.82, 2.24) is 19.4 Å². The second-order valence-electron chi connectivity index (χ2n) is 7.41. The van der Waals surface area contributed by atoms with E-state index in [2.05, 4.69) is 33.6 Å². The number of nitrogens with zero attached hydrogens (tertiary/aromatic N) is 4. The average molecular weight is 362 g/mol. The first kappa shape index (κ1) is 17.7. The van der Waals surface area contributed by atoms with Crippen molar-refractivity contribution in [2.45, 2.75) is 25.9 Å². The normalized spacial score (nSPS) is 19.4. The SMILES string of the molecule is Cc1nc2ccccc2n1[C@H](C)C(=O)N1CCN(C)C[C@H]1c1ccccc1. The maximum Gasteiger partial charge on any atom is 0.246 e. The third kappa shape index (κ3) is 3.23. The minimum atomic E-state index is -0.285. The number of piperazine rings is 1. The second-order valence-corrected chi connectivity index (χ2v) is 7.41. The fourth-order valence-electron chi connectivity index (χ4n) is 4.15. The largest absolute Gasteiger partial charge is 0.331 e. The van der Waals surface area contributed by atoms with E-state index in [1.54, 1.807) is 0 Å². The van der Waals surface area contributed by atoms with Crippen molar-refractivity contribution in [3.8, 4) is 0 Å². The van der Waals surface area contributed by atoms with E-state index in [-0.39, 0.29) is 18.0 Å². The Balaban J connectivity index is 1.68. The molecule has 2 heterocycles. The minimum absolute atomic E-state index is 0.0787. The van der Waals surface area contributed by atoms with Gasteiger partial charge < -0.3 is 14.4 Å². The van der Waals surface area contributed by atoms with Crippen LogP contribution in [0.3, 0.4) is 0 Å². The molecule has 0 bridgehead atoms. The zero-order valence-corrected chi connectivity index (χ0v) is 16.2. The van der Waals surface area contributed by atoms with Gasteiger partial charge in [0.05, 0.1) is 17.1 Å². The molecule has 0 saturated carbocycles. The first-order chi connectivity index (χ1) is 13.1. The summed E-state index contributed by atoms with van der Waals surface area (Å²) in [4.78, 5) is 22.5. The Morgan fingerprint density at radius 1 is 1.07 bits per heavy atom. The summed E-state index contributed by atoms with van der Waals surface area (Å²) in [5.74, 6) is 1.03. The third-order valence-corrected chi connectivity index (χ3v) is 5.57. The lowest BCUT2D eigenvalue weighted by molar-refractivity contribution is -0.139. The number of para-hydroxylation sites is 2. The van der Waals surface area contributed by atoms with Gasteiger partial charge >= 0.3 is 0 Å². The molecular weight excluding hydrogens is 336 g/mol. The number of aromatic nitrogens is 2. The standard InChI is InChI=1S/C22H26N4O/c1-16(26-17(2)23-19-11-7-8-12-20(19)26)22(27)25-14-13-24(3)15-21(25)18-9-5-4-6-10-18/h4-12,16,21H,13-15H2,1-3H3/t16-,21+/m1/s1. The molecule has 4 rings (SSSR count). The summed E-state index contributed by atoms with van der Waals surface area (Å²) >= 11 is 0. The molecule has 2 atom stereocenters. The van der Waals surface area contributed by atoms with Crippen LogP contribution in [0.25, 0.3) is 11.0 Å². The van der Waals surface area contributed by atoms with Crippen LogP contribution in [-0.4, -0.2) is 51.9 Å². The zero-order valence-electron chi connectivity index (χ0n) is 16.2. The third-order valence-electron chi connectivity index (χ3n) is 5.57. The number of carbonyl (C=O) groups is 1. The lowest BCUT2D eigenvalue weighted by atomic mass is 10.0. The minimum Gasteiger partial charge on any atom is -0.331 e. The van der Waals surface area contributed by atoms with E-state index in [1.165, 1.54) is 5.56 Å². The Bertz CT molecular complexity index is 949. The number of hydrogen-bond acceptors (Lipinski definition) is 3. The van der Waals surface area contributed by atoms with E-state index in [9.17, 15) is 4.79 Å². The molecule has 1 saturated heterocycles. The first-order valence-corrected chi connectivity index (χ1v) is 9.54. The number of imidazole rings is 1. The van der Waals surface area contributed by atoms with Crippen molar-refractivity contribution in [1.29, 1.82) is 0 Å². The number of carbonyl (C=O) groups excluding carboxylic acids is 1. The molecule has 0 aliphatic carbocycles. The topological polar surface area (TPSA) is 41.4 Å². The average Bonchev–Trinajstić information content (AvgIpc) is 3.03. The molecule has 140 valence electrons. The van der Waals surface area contributed by atoms with E-state index in [0.29, 0.717) is 0 Å². The molecule has 5 heteroatoms. The lowest BCUT2D eigenvalue weighted by Gasteiger charge is -2.41. The molecule has 1 fully saturated rings. The van der Waals surface area contributed by atoms with Crippen LogP contribution in [0.5, 0.6) is 0 Å². The van der Waals surface area contributed by atoms with Crippen LogP contribution in [0.1, 0.15) is 30.4 Å². The molecule has 1 amide bonds. The Morgan fingerprint density at radius 2 is 1.78 bits per heavy atom. The Kier molecular flexibility index (Phi) is 4.70. The number of benzene rings is 2. The maximum atomic E-state index is 13.5. The van der Waals surface area contributed by atoms with Gasteiger partial charge in [0.2, 0.25) is 5.91 Å². The van der Waals surface area contributed by atoms with Gasteiger partial charge in [0.25, 0.3) is 0 Å². The Morgan fingerprint density at radius 3 is 2.56 bits per heavy atom. The number of rotatable bonds is 3. The summed E-state index contributed by atoms with van der Waals surface area (Å²) in [6.07, 6.45) is 0. The second kappa shape index (κ2) is 7.16. The van der Waals surface area contributed by atoms with Crippen LogP contribution < -0.4 is 0 Å². The predicted octanol–water partition coefficient (Wildman–Crippen LogP) is 3.42. The molecule has 1 aromatic heterocycles. The summed E-state index contributed by atoms with van der Waals surface area (Å²) in [5, 5.41) is 0. The number of likely N-dealkylation sites (N-methyl/N-ethyl adjacent to an activating group) is 1. The number of amides is 1. The van der Waals surface area contributed by atoms with Gasteiger partial charge in [-0.2, -0.15) is 0 Å². The summed E-state index contributed by atoms with van der Waals surface area (Å²) in [6.45, 7) is 6.45. The van der Waals surface area contributed by atoms with Crippen molar-refractivity contribution in [3.63, 3.8) is 0 Å². The van der Waals surface area contributed by atoms with Crippen LogP contribution in [-0.2, 0) is 4.79 Å². The van der Waals surface area contributed by atoms with E-state index in [1.807, 2.05) is 61.2 Å². The Hall–Kier alpha value is -2.66. The van der Waals surface area contributed by atoms with Crippen LogP contribution in [0.15, 0.2) is 54.6 Å². The molecule has 2 aromatic carbocycles. The highest BCUT2D eigenvalue weighted by molar-refractivity contribution is 5.84. The van der Waals surface area contributed by atoms with E-state index in [0.717, 1.165) is 36.5 Å². The molecule has 0 spiro atoms. The van der Waals surface area contributed by atoms with Crippen molar-refractivity contribution >= 4 is 16.9 Å². The van der Waals surface area contributed by atoms with E-state index >= 15 is 0 Å².